The van der Waals surface area contributed by atoms with Crippen molar-refractivity contribution < 1.29 is 4.79 Å². The number of nitrogens with zero attached hydrogens (tertiary/aromatic N) is 2. The number of thiophene rings is 1. The fourth-order valence-corrected chi connectivity index (χ4v) is 2.67. The minimum Gasteiger partial charge on any atom is -0.366 e. The van der Waals surface area contributed by atoms with Gasteiger partial charge < -0.3 is 5.73 Å². The van der Waals surface area contributed by atoms with Gasteiger partial charge in [0, 0.05) is 27.2 Å². The maximum Gasteiger partial charge on any atom is 0.248 e. The predicted molar refractivity (Wildman–Crippen MR) is 63.4 cm³/mol. The van der Waals surface area contributed by atoms with Crippen molar-refractivity contribution in [2.45, 2.75) is 0 Å². The van der Waals surface area contributed by atoms with Crippen LogP contribution >= 0.6 is 11.3 Å². The Morgan fingerprint density at radius 3 is 3.00 bits per heavy atom. The number of primary amides is 1. The first-order valence-corrected chi connectivity index (χ1v) is 5.49. The van der Waals surface area contributed by atoms with E-state index in [-0.39, 0.29) is 0 Å². The number of carbonyl (C=O) groups is 1. The summed E-state index contributed by atoms with van der Waals surface area (Å²) in [4.78, 5) is 20.2. The van der Waals surface area contributed by atoms with Crippen LogP contribution in [0.2, 0.25) is 0 Å². The summed E-state index contributed by atoms with van der Waals surface area (Å²) in [5.41, 5.74) is 5.76. The Balaban J connectivity index is 2.44. The number of hydrogen-bond acceptors (Lipinski definition) is 4. The molecule has 3 aromatic rings. The molecule has 78 valence electrons. The molecule has 2 heterocycles. The van der Waals surface area contributed by atoms with E-state index in [1.54, 1.807) is 29.7 Å². The number of aromatic nitrogens is 2. The molecule has 0 aliphatic carbocycles. The second kappa shape index (κ2) is 3.24. The number of nitrogens with two attached hydrogens (primary N) is 1. The van der Waals surface area contributed by atoms with Crippen LogP contribution < -0.4 is 5.73 Å². The molecule has 0 aliphatic heterocycles. The summed E-state index contributed by atoms with van der Waals surface area (Å²) in [5.74, 6) is -0.418. The van der Waals surface area contributed by atoms with E-state index in [0.29, 0.717) is 5.56 Å². The third-order valence-corrected chi connectivity index (χ3v) is 3.53. The van der Waals surface area contributed by atoms with Gasteiger partial charge in [0.15, 0.2) is 0 Å². The van der Waals surface area contributed by atoms with Crippen LogP contribution in [-0.4, -0.2) is 15.9 Å². The summed E-state index contributed by atoms with van der Waals surface area (Å²) < 4.78 is 1.08. The topological polar surface area (TPSA) is 68.9 Å². The van der Waals surface area contributed by atoms with Crippen LogP contribution in [0.5, 0.6) is 0 Å². The van der Waals surface area contributed by atoms with E-state index < -0.39 is 5.91 Å². The zero-order valence-electron chi connectivity index (χ0n) is 8.18. The van der Waals surface area contributed by atoms with Crippen molar-refractivity contribution in [1.29, 1.82) is 0 Å². The van der Waals surface area contributed by atoms with E-state index in [1.165, 1.54) is 6.33 Å². The first-order chi connectivity index (χ1) is 7.75. The number of fused-ring (bicyclic) bond motifs is 3. The monoisotopic (exact) mass is 229 g/mol. The van der Waals surface area contributed by atoms with Crippen LogP contribution in [0.25, 0.3) is 20.3 Å². The van der Waals surface area contributed by atoms with Gasteiger partial charge in [-0.2, -0.15) is 0 Å². The smallest absolute Gasteiger partial charge is 0.248 e. The van der Waals surface area contributed by atoms with Crippen LogP contribution in [0.1, 0.15) is 10.4 Å². The van der Waals surface area contributed by atoms with Crippen molar-refractivity contribution in [2.75, 3.05) is 0 Å². The Hall–Kier alpha value is -2.01. The first kappa shape index (κ1) is 9.23. The molecule has 1 aromatic carbocycles. The van der Waals surface area contributed by atoms with Gasteiger partial charge in [-0.25, -0.2) is 9.97 Å². The van der Waals surface area contributed by atoms with E-state index in [0.717, 1.165) is 20.3 Å². The molecule has 2 N–H and O–H groups in total. The zero-order chi connectivity index (χ0) is 11.1. The number of amides is 1. The lowest BCUT2D eigenvalue weighted by Gasteiger charge is -1.95. The van der Waals surface area contributed by atoms with Crippen LogP contribution in [0, 0.1) is 0 Å². The quantitative estimate of drug-likeness (QED) is 0.693. The first-order valence-electron chi connectivity index (χ1n) is 4.68. The van der Waals surface area contributed by atoms with E-state index in [2.05, 4.69) is 9.97 Å². The summed E-state index contributed by atoms with van der Waals surface area (Å²) >= 11 is 1.58. The van der Waals surface area contributed by atoms with Gasteiger partial charge in [-0.3, -0.25) is 4.79 Å². The highest BCUT2D eigenvalue weighted by molar-refractivity contribution is 7.25. The van der Waals surface area contributed by atoms with Gasteiger partial charge in [0.25, 0.3) is 0 Å². The summed E-state index contributed by atoms with van der Waals surface area (Å²) in [6, 6.07) is 5.41. The molecule has 0 aliphatic rings. The van der Waals surface area contributed by atoms with Crippen molar-refractivity contribution in [3.05, 3.63) is 36.3 Å². The van der Waals surface area contributed by atoms with E-state index in [1.807, 2.05) is 6.07 Å². The average Bonchev–Trinajstić information content (AvgIpc) is 2.66. The van der Waals surface area contributed by atoms with E-state index in [9.17, 15) is 4.79 Å². The molecule has 0 unspecified atom stereocenters. The maximum absolute atomic E-state index is 11.1. The lowest BCUT2D eigenvalue weighted by molar-refractivity contribution is 0.100. The van der Waals surface area contributed by atoms with Crippen molar-refractivity contribution in [2.24, 2.45) is 5.73 Å². The Morgan fingerprint density at radius 2 is 2.19 bits per heavy atom. The summed E-state index contributed by atoms with van der Waals surface area (Å²) in [5, 5.41) is 1.95. The average molecular weight is 229 g/mol. The Bertz CT molecular complexity index is 705. The Kier molecular flexibility index (Phi) is 1.87. The number of rotatable bonds is 1. The Morgan fingerprint density at radius 1 is 1.31 bits per heavy atom. The molecule has 2 aromatic heterocycles. The zero-order valence-corrected chi connectivity index (χ0v) is 8.99. The van der Waals surface area contributed by atoms with Crippen LogP contribution in [-0.2, 0) is 0 Å². The van der Waals surface area contributed by atoms with Crippen molar-refractivity contribution in [3.63, 3.8) is 0 Å². The second-order valence-corrected chi connectivity index (χ2v) is 4.45. The van der Waals surface area contributed by atoms with Crippen molar-refractivity contribution >= 4 is 37.5 Å². The molecule has 4 nitrogen and oxygen atoms in total. The van der Waals surface area contributed by atoms with Crippen LogP contribution in [0.15, 0.2) is 30.7 Å². The molecule has 0 spiro atoms. The summed E-state index contributed by atoms with van der Waals surface area (Å²) in [6.45, 7) is 0. The molecule has 0 saturated carbocycles. The Labute approximate surface area is 94.7 Å². The molecule has 16 heavy (non-hydrogen) atoms. The maximum atomic E-state index is 11.1. The van der Waals surface area contributed by atoms with Crippen molar-refractivity contribution in [1.82, 2.24) is 9.97 Å². The highest BCUT2D eigenvalue weighted by atomic mass is 32.1. The van der Waals surface area contributed by atoms with E-state index in [4.69, 9.17) is 5.73 Å². The van der Waals surface area contributed by atoms with Crippen LogP contribution in [0.3, 0.4) is 0 Å². The molecule has 0 radical (unpaired) electrons. The minimum absolute atomic E-state index is 0.418. The highest BCUT2D eigenvalue weighted by Crippen LogP contribution is 2.32. The molecule has 1 amide bonds. The number of carbonyl (C=O) groups excluding carboxylic acids is 1. The SMILES string of the molecule is NC(=O)c1ccc2sc3ncncc3c2c1. The molecule has 0 saturated heterocycles. The molecule has 3 rings (SSSR count). The van der Waals surface area contributed by atoms with Gasteiger partial charge in [-0.05, 0) is 18.2 Å². The lowest BCUT2D eigenvalue weighted by atomic mass is 10.1. The summed E-state index contributed by atoms with van der Waals surface area (Å²) in [6.07, 6.45) is 3.28. The number of hydrogen-bond donors (Lipinski definition) is 1. The van der Waals surface area contributed by atoms with Gasteiger partial charge in [0.1, 0.15) is 11.2 Å². The number of benzene rings is 1. The van der Waals surface area contributed by atoms with Crippen LogP contribution in [0.4, 0.5) is 0 Å². The largest absolute Gasteiger partial charge is 0.366 e. The minimum atomic E-state index is -0.418. The highest BCUT2D eigenvalue weighted by Gasteiger charge is 2.08. The van der Waals surface area contributed by atoms with Gasteiger partial charge in [0.05, 0.1) is 0 Å². The molecular weight excluding hydrogens is 222 g/mol. The lowest BCUT2D eigenvalue weighted by Crippen LogP contribution is -2.10. The fourth-order valence-electron chi connectivity index (χ4n) is 1.67. The molecule has 0 fully saturated rings. The normalized spacial score (nSPS) is 11.0. The van der Waals surface area contributed by atoms with Gasteiger partial charge in [-0.15, -0.1) is 11.3 Å². The molecule has 0 atom stereocenters. The predicted octanol–water partition coefficient (Wildman–Crippen LogP) is 1.94. The third-order valence-electron chi connectivity index (χ3n) is 2.44. The van der Waals surface area contributed by atoms with Gasteiger partial charge >= 0.3 is 0 Å². The standard InChI is InChI=1S/C11H7N3OS/c12-10(15)6-1-2-9-7(3-6)8-4-13-5-14-11(8)16-9/h1-5H,(H2,12,15). The molecule has 5 heteroatoms. The van der Waals surface area contributed by atoms with Crippen molar-refractivity contribution in [3.8, 4) is 0 Å². The fraction of sp³-hybridized carbons (Fsp3) is 0. The summed E-state index contributed by atoms with van der Waals surface area (Å²) in [7, 11) is 0. The van der Waals surface area contributed by atoms with E-state index >= 15 is 0 Å². The van der Waals surface area contributed by atoms with Gasteiger partial charge in [0.2, 0.25) is 5.91 Å². The van der Waals surface area contributed by atoms with Gasteiger partial charge in [-0.1, -0.05) is 0 Å². The molecular formula is C11H7N3OS. The second-order valence-electron chi connectivity index (χ2n) is 3.42. The third kappa shape index (κ3) is 1.25. The molecule has 0 bridgehead atoms.